The molecule has 4 aromatic heterocycles. The molecular formula is C50H30N4. The van der Waals surface area contributed by atoms with E-state index < -0.39 is 0 Å². The number of rotatable bonds is 3. The monoisotopic (exact) mass is 686 g/mol. The van der Waals surface area contributed by atoms with Gasteiger partial charge in [-0.3, -0.25) is 8.80 Å². The number of imidazole rings is 2. The van der Waals surface area contributed by atoms with Crippen LogP contribution in [0.4, 0.5) is 0 Å². The maximum Gasteiger partial charge on any atom is 0.147 e. The molecule has 54 heavy (non-hydrogen) atoms. The minimum atomic E-state index is 0.961. The summed E-state index contributed by atoms with van der Waals surface area (Å²) < 4.78 is 4.73. The van der Waals surface area contributed by atoms with Crippen LogP contribution in [0.3, 0.4) is 0 Å². The van der Waals surface area contributed by atoms with E-state index in [1.807, 2.05) is 0 Å². The van der Waals surface area contributed by atoms with E-state index in [0.29, 0.717) is 0 Å². The van der Waals surface area contributed by atoms with Crippen LogP contribution >= 0.6 is 0 Å². The lowest BCUT2D eigenvalue weighted by Gasteiger charge is -2.15. The van der Waals surface area contributed by atoms with Gasteiger partial charge in [-0.1, -0.05) is 146 Å². The van der Waals surface area contributed by atoms with Crippen molar-refractivity contribution in [1.29, 1.82) is 0 Å². The molecule has 0 aliphatic heterocycles. The molecule has 0 atom stereocenters. The van der Waals surface area contributed by atoms with E-state index in [-0.39, 0.29) is 0 Å². The molecule has 4 heteroatoms. The first-order chi connectivity index (χ1) is 26.8. The van der Waals surface area contributed by atoms with Crippen molar-refractivity contribution >= 4 is 76.5 Å². The summed E-state index contributed by atoms with van der Waals surface area (Å²) in [6, 6.07) is 65.4. The number of nitrogens with zero attached hydrogens (tertiary/aromatic N) is 4. The highest BCUT2D eigenvalue weighted by Crippen LogP contribution is 2.43. The van der Waals surface area contributed by atoms with Crippen molar-refractivity contribution in [3.05, 3.63) is 182 Å². The summed E-state index contributed by atoms with van der Waals surface area (Å²) in [6.45, 7) is 0. The molecule has 12 aromatic rings. The number of hydrogen-bond acceptors (Lipinski definition) is 2. The molecule has 0 amide bonds. The number of para-hydroxylation sites is 3. The fourth-order valence-corrected chi connectivity index (χ4v) is 8.83. The van der Waals surface area contributed by atoms with Gasteiger partial charge in [0.25, 0.3) is 0 Å². The highest BCUT2D eigenvalue weighted by Gasteiger charge is 2.22. The molecule has 0 unspecified atom stereocenters. The molecule has 8 aromatic carbocycles. The standard InChI is InChI=1S/C50H30N4/c1-3-14-32(15-4-1)47-48(33-16-5-2-6-17-33)54-45-30-35(24-26-38(45)39-27-23-31-13-7-8-18-36(31)46(39)50(54)52-47)34-25-28-40-41(29-34)37-19-9-11-21-43(37)53-44-22-12-10-20-42(44)51-49(40)53/h1-30H. The van der Waals surface area contributed by atoms with Crippen LogP contribution in [-0.2, 0) is 0 Å². The summed E-state index contributed by atoms with van der Waals surface area (Å²) in [4.78, 5) is 10.7. The van der Waals surface area contributed by atoms with Crippen LogP contribution in [0.5, 0.6) is 0 Å². The number of hydrogen-bond donors (Lipinski definition) is 0. The topological polar surface area (TPSA) is 34.6 Å². The molecule has 0 saturated carbocycles. The molecule has 4 nitrogen and oxygen atoms in total. The summed E-state index contributed by atoms with van der Waals surface area (Å²) in [5.41, 5.74) is 12.9. The molecule has 4 heterocycles. The molecule has 0 fully saturated rings. The Morgan fingerprint density at radius 2 is 0.963 bits per heavy atom. The SMILES string of the molecule is c1ccc(-c2nc3c4c5ccccc5ccc4c4ccc(-c5ccc6c(c5)c5ccccc5n5c7ccccc7nc65)cc4n3c2-c2ccccc2)cc1. The zero-order valence-corrected chi connectivity index (χ0v) is 29.1. The Kier molecular flexibility index (Phi) is 6.02. The minimum Gasteiger partial charge on any atom is -0.292 e. The maximum atomic E-state index is 5.57. The van der Waals surface area contributed by atoms with E-state index in [4.69, 9.17) is 9.97 Å². The van der Waals surface area contributed by atoms with Crippen molar-refractivity contribution in [2.45, 2.75) is 0 Å². The number of aromatic nitrogens is 4. The summed E-state index contributed by atoms with van der Waals surface area (Å²) in [5, 5.41) is 9.51. The van der Waals surface area contributed by atoms with Gasteiger partial charge in [0.2, 0.25) is 0 Å². The van der Waals surface area contributed by atoms with Gasteiger partial charge in [0.15, 0.2) is 0 Å². The van der Waals surface area contributed by atoms with Gasteiger partial charge in [-0.15, -0.1) is 0 Å². The summed E-state index contributed by atoms with van der Waals surface area (Å²) in [6.07, 6.45) is 0. The third kappa shape index (κ3) is 4.08. The molecular weight excluding hydrogens is 657 g/mol. The van der Waals surface area contributed by atoms with E-state index in [0.717, 1.165) is 72.4 Å². The van der Waals surface area contributed by atoms with Gasteiger partial charge in [0.1, 0.15) is 11.3 Å². The Balaban J connectivity index is 1.20. The predicted molar refractivity (Wildman–Crippen MR) is 225 cm³/mol. The molecule has 250 valence electrons. The van der Waals surface area contributed by atoms with Crippen LogP contribution in [0.15, 0.2) is 182 Å². The predicted octanol–water partition coefficient (Wildman–Crippen LogP) is 12.9. The van der Waals surface area contributed by atoms with E-state index >= 15 is 0 Å². The maximum absolute atomic E-state index is 5.57. The molecule has 0 aliphatic rings. The quantitative estimate of drug-likeness (QED) is 0.173. The fourth-order valence-electron chi connectivity index (χ4n) is 8.83. The van der Waals surface area contributed by atoms with Gasteiger partial charge in [-0.05, 0) is 69.1 Å². The van der Waals surface area contributed by atoms with Crippen LogP contribution in [-0.4, -0.2) is 18.8 Å². The first-order valence-electron chi connectivity index (χ1n) is 18.4. The second-order valence-corrected chi connectivity index (χ2v) is 14.2. The molecule has 0 N–H and O–H groups in total. The van der Waals surface area contributed by atoms with Gasteiger partial charge in [0, 0.05) is 32.7 Å². The molecule has 0 bridgehead atoms. The molecule has 0 radical (unpaired) electrons. The summed E-state index contributed by atoms with van der Waals surface area (Å²) in [5.74, 6) is 0. The fraction of sp³-hybridized carbons (Fsp3) is 0. The molecule has 0 saturated heterocycles. The Morgan fingerprint density at radius 1 is 0.333 bits per heavy atom. The molecule has 12 rings (SSSR count). The Labute approximate surface area is 309 Å². The van der Waals surface area contributed by atoms with Crippen molar-refractivity contribution in [3.63, 3.8) is 0 Å². The van der Waals surface area contributed by atoms with Crippen molar-refractivity contribution in [2.24, 2.45) is 0 Å². The zero-order chi connectivity index (χ0) is 35.3. The van der Waals surface area contributed by atoms with Crippen molar-refractivity contribution in [1.82, 2.24) is 18.8 Å². The van der Waals surface area contributed by atoms with E-state index in [2.05, 4.69) is 191 Å². The average Bonchev–Trinajstić information content (AvgIpc) is 3.84. The third-order valence-electron chi connectivity index (χ3n) is 11.2. The number of fused-ring (bicyclic) bond motifs is 16. The van der Waals surface area contributed by atoms with Crippen molar-refractivity contribution in [2.75, 3.05) is 0 Å². The van der Waals surface area contributed by atoms with Crippen LogP contribution < -0.4 is 0 Å². The first-order valence-corrected chi connectivity index (χ1v) is 18.4. The lowest BCUT2D eigenvalue weighted by atomic mass is 9.95. The largest absolute Gasteiger partial charge is 0.292 e. The van der Waals surface area contributed by atoms with E-state index in [9.17, 15) is 0 Å². The van der Waals surface area contributed by atoms with Crippen LogP contribution in [0.25, 0.3) is 110 Å². The summed E-state index contributed by atoms with van der Waals surface area (Å²) >= 11 is 0. The Morgan fingerprint density at radius 3 is 1.80 bits per heavy atom. The van der Waals surface area contributed by atoms with Crippen LogP contribution in [0, 0.1) is 0 Å². The lowest BCUT2D eigenvalue weighted by Crippen LogP contribution is -1.96. The number of pyridine rings is 2. The van der Waals surface area contributed by atoms with Crippen molar-refractivity contribution < 1.29 is 0 Å². The van der Waals surface area contributed by atoms with Gasteiger partial charge in [0.05, 0.1) is 33.5 Å². The Bertz CT molecular complexity index is 3490. The van der Waals surface area contributed by atoms with E-state index in [1.54, 1.807) is 0 Å². The second kappa shape index (κ2) is 11.1. The average molecular weight is 687 g/mol. The van der Waals surface area contributed by atoms with Gasteiger partial charge >= 0.3 is 0 Å². The smallest absolute Gasteiger partial charge is 0.147 e. The number of benzene rings is 8. The van der Waals surface area contributed by atoms with Gasteiger partial charge in [-0.2, -0.15) is 0 Å². The lowest BCUT2D eigenvalue weighted by molar-refractivity contribution is 1.27. The molecule has 0 spiro atoms. The van der Waals surface area contributed by atoms with Gasteiger partial charge in [-0.25, -0.2) is 9.97 Å². The normalized spacial score (nSPS) is 12.1. The minimum absolute atomic E-state index is 0.961. The second-order valence-electron chi connectivity index (χ2n) is 14.2. The highest BCUT2D eigenvalue weighted by atomic mass is 15.0. The highest BCUT2D eigenvalue weighted by molar-refractivity contribution is 6.23. The molecule has 0 aliphatic carbocycles. The van der Waals surface area contributed by atoms with Crippen LogP contribution in [0.2, 0.25) is 0 Å². The zero-order valence-electron chi connectivity index (χ0n) is 29.1. The Hall–Kier alpha value is -7.30. The van der Waals surface area contributed by atoms with Crippen molar-refractivity contribution in [3.8, 4) is 33.6 Å². The van der Waals surface area contributed by atoms with Crippen LogP contribution in [0.1, 0.15) is 0 Å². The van der Waals surface area contributed by atoms with Gasteiger partial charge < -0.3 is 0 Å². The first kappa shape index (κ1) is 29.3. The van der Waals surface area contributed by atoms with E-state index in [1.165, 1.54) is 37.7 Å². The summed E-state index contributed by atoms with van der Waals surface area (Å²) in [7, 11) is 0. The third-order valence-corrected chi connectivity index (χ3v) is 11.2.